The molecule has 0 amide bonds. The number of hydrogen-bond donors (Lipinski definition) is 1. The van der Waals surface area contributed by atoms with E-state index >= 15 is 0 Å². The van der Waals surface area contributed by atoms with E-state index < -0.39 is 17.3 Å². The lowest BCUT2D eigenvalue weighted by atomic mass is 10.0. The molecule has 1 aromatic heterocycles. The van der Waals surface area contributed by atoms with E-state index in [9.17, 15) is 9.18 Å². The number of aromatic nitrogens is 1. The largest absolute Gasteiger partial charge is 0.478 e. The number of aromatic carboxylic acids is 1. The fraction of sp³-hybridized carbons (Fsp3) is 0. The number of nitrogens with zero attached hydrogens (tertiary/aromatic N) is 1. The molecular formula is C12H5Cl3FNO2. The van der Waals surface area contributed by atoms with Crippen LogP contribution in [0.15, 0.2) is 24.5 Å². The van der Waals surface area contributed by atoms with E-state index in [0.717, 1.165) is 6.20 Å². The highest BCUT2D eigenvalue weighted by Crippen LogP contribution is 2.36. The molecule has 19 heavy (non-hydrogen) atoms. The molecule has 0 aliphatic carbocycles. The highest BCUT2D eigenvalue weighted by Gasteiger charge is 2.19. The summed E-state index contributed by atoms with van der Waals surface area (Å²) in [7, 11) is 0. The highest BCUT2D eigenvalue weighted by molar-refractivity contribution is 6.48. The zero-order valence-corrected chi connectivity index (χ0v) is 11.4. The Balaban J connectivity index is 2.73. The summed E-state index contributed by atoms with van der Waals surface area (Å²) in [5.74, 6) is -2.34. The van der Waals surface area contributed by atoms with Crippen LogP contribution in [0.25, 0.3) is 11.1 Å². The van der Waals surface area contributed by atoms with E-state index in [0.29, 0.717) is 5.56 Å². The molecule has 0 saturated heterocycles. The first kappa shape index (κ1) is 14.1. The SMILES string of the molecule is O=C(O)c1c(F)cncc1-c1cc(Cl)c(Cl)c(Cl)c1. The second kappa shape index (κ2) is 5.33. The number of benzene rings is 1. The van der Waals surface area contributed by atoms with Crippen molar-refractivity contribution in [2.75, 3.05) is 0 Å². The summed E-state index contributed by atoms with van der Waals surface area (Å²) in [6.45, 7) is 0. The maximum absolute atomic E-state index is 13.5. The van der Waals surface area contributed by atoms with Crippen molar-refractivity contribution in [2.45, 2.75) is 0 Å². The van der Waals surface area contributed by atoms with Gasteiger partial charge in [-0.05, 0) is 17.7 Å². The van der Waals surface area contributed by atoms with Crippen LogP contribution in [0.5, 0.6) is 0 Å². The smallest absolute Gasteiger partial charge is 0.339 e. The third-order valence-corrected chi connectivity index (χ3v) is 3.61. The lowest BCUT2D eigenvalue weighted by molar-refractivity contribution is 0.0692. The number of halogens is 4. The molecule has 0 aliphatic heterocycles. The minimum atomic E-state index is -1.41. The van der Waals surface area contributed by atoms with Gasteiger partial charge < -0.3 is 5.11 Å². The summed E-state index contributed by atoms with van der Waals surface area (Å²) in [5.41, 5.74) is -0.0961. The van der Waals surface area contributed by atoms with Gasteiger partial charge in [-0.1, -0.05) is 34.8 Å². The van der Waals surface area contributed by atoms with Gasteiger partial charge in [-0.2, -0.15) is 0 Å². The van der Waals surface area contributed by atoms with E-state index in [2.05, 4.69) is 4.98 Å². The van der Waals surface area contributed by atoms with Crippen molar-refractivity contribution in [2.24, 2.45) is 0 Å². The van der Waals surface area contributed by atoms with Crippen LogP contribution in [0.2, 0.25) is 15.1 Å². The zero-order valence-electron chi connectivity index (χ0n) is 9.12. The van der Waals surface area contributed by atoms with Gasteiger partial charge in [-0.25, -0.2) is 9.18 Å². The van der Waals surface area contributed by atoms with Crippen molar-refractivity contribution < 1.29 is 14.3 Å². The van der Waals surface area contributed by atoms with E-state index in [1.165, 1.54) is 18.3 Å². The molecular weight excluding hydrogens is 315 g/mol. The van der Waals surface area contributed by atoms with Crippen LogP contribution in [0.3, 0.4) is 0 Å². The Morgan fingerprint density at radius 1 is 1.16 bits per heavy atom. The Morgan fingerprint density at radius 3 is 2.26 bits per heavy atom. The maximum Gasteiger partial charge on any atom is 0.339 e. The normalized spacial score (nSPS) is 10.5. The molecule has 0 aliphatic rings. The Morgan fingerprint density at radius 2 is 1.74 bits per heavy atom. The van der Waals surface area contributed by atoms with Crippen molar-refractivity contribution in [3.63, 3.8) is 0 Å². The molecule has 0 bridgehead atoms. The molecule has 98 valence electrons. The number of pyridine rings is 1. The van der Waals surface area contributed by atoms with Crippen LogP contribution in [0.4, 0.5) is 4.39 Å². The lowest BCUT2D eigenvalue weighted by Crippen LogP contribution is -2.04. The summed E-state index contributed by atoms with van der Waals surface area (Å²) < 4.78 is 13.5. The van der Waals surface area contributed by atoms with Crippen molar-refractivity contribution in [1.82, 2.24) is 4.98 Å². The molecule has 3 nitrogen and oxygen atoms in total. The van der Waals surface area contributed by atoms with E-state index in [1.807, 2.05) is 0 Å². The molecule has 1 heterocycles. The van der Waals surface area contributed by atoms with E-state index in [-0.39, 0.29) is 20.6 Å². The monoisotopic (exact) mass is 319 g/mol. The molecule has 1 N–H and O–H groups in total. The molecule has 2 aromatic rings. The molecule has 0 unspecified atom stereocenters. The van der Waals surface area contributed by atoms with Gasteiger partial charge in [0.15, 0.2) is 5.82 Å². The maximum atomic E-state index is 13.5. The average molecular weight is 321 g/mol. The Bertz CT molecular complexity index is 653. The van der Waals surface area contributed by atoms with Crippen molar-refractivity contribution >= 4 is 40.8 Å². The number of carboxylic acid groups (broad SMARTS) is 1. The van der Waals surface area contributed by atoms with Crippen molar-refractivity contribution in [3.05, 3.63) is 51.0 Å². The Labute approximate surface area is 122 Å². The molecule has 0 atom stereocenters. The minimum absolute atomic E-state index is 0.0768. The second-order valence-corrected chi connectivity index (χ2v) is 4.80. The summed E-state index contributed by atoms with van der Waals surface area (Å²) in [6.07, 6.45) is 2.05. The van der Waals surface area contributed by atoms with Gasteiger partial charge in [-0.15, -0.1) is 0 Å². The lowest BCUT2D eigenvalue weighted by Gasteiger charge is -2.09. The summed E-state index contributed by atoms with van der Waals surface area (Å²) in [4.78, 5) is 14.7. The standard InChI is InChI=1S/C12H5Cl3FNO2/c13-7-1-5(2-8(14)11(7)15)6-3-17-4-9(16)10(6)12(18)19/h1-4H,(H,18,19). The van der Waals surface area contributed by atoms with Gasteiger partial charge in [0.25, 0.3) is 0 Å². The van der Waals surface area contributed by atoms with Crippen LogP contribution in [-0.4, -0.2) is 16.1 Å². The van der Waals surface area contributed by atoms with Crippen molar-refractivity contribution in [3.8, 4) is 11.1 Å². The Hall–Kier alpha value is -1.36. The van der Waals surface area contributed by atoms with Crippen LogP contribution in [0.1, 0.15) is 10.4 Å². The molecule has 1 aromatic carbocycles. The summed E-state index contributed by atoms with van der Waals surface area (Å²) >= 11 is 17.5. The number of carboxylic acids is 1. The third kappa shape index (κ3) is 2.66. The number of rotatable bonds is 2. The topological polar surface area (TPSA) is 50.2 Å². The molecule has 0 spiro atoms. The van der Waals surface area contributed by atoms with Gasteiger partial charge in [-0.3, -0.25) is 4.98 Å². The Kier molecular flexibility index (Phi) is 3.94. The predicted octanol–water partition coefficient (Wildman–Crippen LogP) is 4.55. The van der Waals surface area contributed by atoms with Gasteiger partial charge in [0.2, 0.25) is 0 Å². The molecule has 0 radical (unpaired) electrons. The summed E-state index contributed by atoms with van der Waals surface area (Å²) in [6, 6.07) is 2.80. The molecule has 0 saturated carbocycles. The minimum Gasteiger partial charge on any atom is -0.478 e. The first-order chi connectivity index (χ1) is 8.91. The van der Waals surface area contributed by atoms with Crippen LogP contribution in [-0.2, 0) is 0 Å². The van der Waals surface area contributed by atoms with Gasteiger partial charge in [0, 0.05) is 11.8 Å². The van der Waals surface area contributed by atoms with Gasteiger partial charge in [0.05, 0.1) is 21.3 Å². The van der Waals surface area contributed by atoms with E-state index in [1.54, 1.807) is 0 Å². The fourth-order valence-electron chi connectivity index (χ4n) is 1.58. The van der Waals surface area contributed by atoms with Crippen LogP contribution < -0.4 is 0 Å². The average Bonchev–Trinajstić information content (AvgIpc) is 2.34. The molecule has 7 heteroatoms. The highest BCUT2D eigenvalue weighted by atomic mass is 35.5. The summed E-state index contributed by atoms with van der Waals surface area (Å²) in [5, 5.41) is 9.47. The van der Waals surface area contributed by atoms with Crippen LogP contribution >= 0.6 is 34.8 Å². The van der Waals surface area contributed by atoms with Gasteiger partial charge in [0.1, 0.15) is 5.56 Å². The molecule has 2 rings (SSSR count). The first-order valence-electron chi connectivity index (χ1n) is 4.93. The molecule has 0 fully saturated rings. The fourth-order valence-corrected chi connectivity index (χ4v) is 2.18. The van der Waals surface area contributed by atoms with E-state index in [4.69, 9.17) is 39.9 Å². The second-order valence-electron chi connectivity index (χ2n) is 3.60. The number of hydrogen-bond acceptors (Lipinski definition) is 2. The first-order valence-corrected chi connectivity index (χ1v) is 6.07. The quantitative estimate of drug-likeness (QED) is 0.826. The number of carbonyl (C=O) groups is 1. The third-order valence-electron chi connectivity index (χ3n) is 2.41. The van der Waals surface area contributed by atoms with Crippen molar-refractivity contribution in [1.29, 1.82) is 0 Å². The zero-order chi connectivity index (χ0) is 14.2. The van der Waals surface area contributed by atoms with Gasteiger partial charge >= 0.3 is 5.97 Å². The predicted molar refractivity (Wildman–Crippen MR) is 71.6 cm³/mol. The van der Waals surface area contributed by atoms with Crippen LogP contribution in [0, 0.1) is 5.82 Å².